The number of hydrogen-bond acceptors (Lipinski definition) is 3. The van der Waals surface area contributed by atoms with E-state index < -0.39 is 17.9 Å². The van der Waals surface area contributed by atoms with Gasteiger partial charge < -0.3 is 10.4 Å². The van der Waals surface area contributed by atoms with E-state index in [-0.39, 0.29) is 11.6 Å². The maximum atomic E-state index is 12.2. The van der Waals surface area contributed by atoms with Crippen molar-refractivity contribution in [3.63, 3.8) is 0 Å². The second-order valence-electron chi connectivity index (χ2n) is 5.06. The number of carbonyl (C=O) groups is 2. The lowest BCUT2D eigenvalue weighted by Gasteiger charge is -2.19. The van der Waals surface area contributed by atoms with Gasteiger partial charge in [0.1, 0.15) is 11.7 Å². The molecule has 1 aromatic carbocycles. The first kappa shape index (κ1) is 15.0. The van der Waals surface area contributed by atoms with Gasteiger partial charge in [-0.1, -0.05) is 44.5 Å². The van der Waals surface area contributed by atoms with Gasteiger partial charge in [-0.3, -0.25) is 4.79 Å². The molecule has 0 fully saturated rings. The molecule has 1 heterocycles. The van der Waals surface area contributed by atoms with Crippen molar-refractivity contribution < 1.29 is 14.7 Å². The van der Waals surface area contributed by atoms with Crippen LogP contribution in [-0.4, -0.2) is 28.0 Å². The quantitative estimate of drug-likeness (QED) is 0.885. The summed E-state index contributed by atoms with van der Waals surface area (Å²) in [4.78, 5) is 27.7. The fourth-order valence-electron chi connectivity index (χ4n) is 2.09. The molecule has 0 aliphatic carbocycles. The fraction of sp³-hybridized carbons (Fsp3) is 0.312. The minimum Gasteiger partial charge on any atom is -0.480 e. The summed E-state index contributed by atoms with van der Waals surface area (Å²) in [6.07, 6.45) is 0.669. The zero-order valence-electron chi connectivity index (χ0n) is 12.0. The standard InChI is InChI=1S/C16H18N2O3/c1-3-10(2)14(16(20)21)18-15(19)13-9-8-11-6-4-5-7-12(11)17-13/h4-10,14H,3H2,1-2H3,(H,18,19)(H,20,21)/t10-,14-/m0/s1. The van der Waals surface area contributed by atoms with Crippen molar-refractivity contribution in [1.29, 1.82) is 0 Å². The van der Waals surface area contributed by atoms with Gasteiger partial charge in [-0.2, -0.15) is 0 Å². The van der Waals surface area contributed by atoms with Crippen LogP contribution in [0.4, 0.5) is 0 Å². The largest absolute Gasteiger partial charge is 0.480 e. The van der Waals surface area contributed by atoms with Gasteiger partial charge in [0, 0.05) is 5.39 Å². The highest BCUT2D eigenvalue weighted by Crippen LogP contribution is 2.13. The van der Waals surface area contributed by atoms with Crippen molar-refractivity contribution in [1.82, 2.24) is 10.3 Å². The first-order valence-corrected chi connectivity index (χ1v) is 6.92. The van der Waals surface area contributed by atoms with E-state index in [1.54, 1.807) is 19.1 Å². The average molecular weight is 286 g/mol. The lowest BCUT2D eigenvalue weighted by atomic mass is 9.99. The maximum Gasteiger partial charge on any atom is 0.326 e. The number of rotatable bonds is 5. The number of aliphatic carboxylic acids is 1. The molecule has 2 N–H and O–H groups in total. The summed E-state index contributed by atoms with van der Waals surface area (Å²) in [6.45, 7) is 3.69. The van der Waals surface area contributed by atoms with Crippen molar-refractivity contribution >= 4 is 22.8 Å². The van der Waals surface area contributed by atoms with Crippen LogP contribution >= 0.6 is 0 Å². The molecule has 1 aromatic heterocycles. The van der Waals surface area contributed by atoms with Crippen molar-refractivity contribution in [3.8, 4) is 0 Å². The van der Waals surface area contributed by atoms with E-state index in [0.29, 0.717) is 11.9 Å². The number of carboxylic acid groups (broad SMARTS) is 1. The van der Waals surface area contributed by atoms with Gasteiger partial charge in [-0.25, -0.2) is 9.78 Å². The van der Waals surface area contributed by atoms with E-state index in [0.717, 1.165) is 5.39 Å². The molecular weight excluding hydrogens is 268 g/mol. The summed E-state index contributed by atoms with van der Waals surface area (Å²) in [6, 6.07) is 9.96. The Morgan fingerprint density at radius 3 is 2.62 bits per heavy atom. The molecule has 0 spiro atoms. The molecule has 0 bridgehead atoms. The number of hydrogen-bond donors (Lipinski definition) is 2. The molecule has 0 aliphatic heterocycles. The first-order chi connectivity index (χ1) is 10.0. The van der Waals surface area contributed by atoms with Crippen LogP contribution in [0.5, 0.6) is 0 Å². The molecule has 0 unspecified atom stereocenters. The van der Waals surface area contributed by atoms with Crippen molar-refractivity contribution in [2.45, 2.75) is 26.3 Å². The van der Waals surface area contributed by atoms with Gasteiger partial charge >= 0.3 is 5.97 Å². The predicted molar refractivity (Wildman–Crippen MR) is 80.1 cm³/mol. The fourth-order valence-corrected chi connectivity index (χ4v) is 2.09. The van der Waals surface area contributed by atoms with E-state index in [9.17, 15) is 14.7 Å². The van der Waals surface area contributed by atoms with Crippen LogP contribution in [0.3, 0.4) is 0 Å². The van der Waals surface area contributed by atoms with Gasteiger partial charge in [0.25, 0.3) is 5.91 Å². The number of para-hydroxylation sites is 1. The normalized spacial score (nSPS) is 13.6. The summed E-state index contributed by atoms with van der Waals surface area (Å²) in [5, 5.41) is 12.7. The molecule has 0 aliphatic rings. The van der Waals surface area contributed by atoms with E-state index in [1.807, 2.05) is 31.2 Å². The van der Waals surface area contributed by atoms with Crippen molar-refractivity contribution in [3.05, 3.63) is 42.1 Å². The number of carbonyl (C=O) groups excluding carboxylic acids is 1. The lowest BCUT2D eigenvalue weighted by Crippen LogP contribution is -2.45. The summed E-state index contributed by atoms with van der Waals surface area (Å²) >= 11 is 0. The molecule has 2 aromatic rings. The van der Waals surface area contributed by atoms with Crippen molar-refractivity contribution in [2.24, 2.45) is 5.92 Å². The molecule has 0 saturated heterocycles. The molecule has 110 valence electrons. The lowest BCUT2D eigenvalue weighted by molar-refractivity contribution is -0.140. The van der Waals surface area contributed by atoms with Gasteiger partial charge in [0.05, 0.1) is 5.52 Å². The molecule has 5 heteroatoms. The van der Waals surface area contributed by atoms with Crippen LogP contribution in [0.1, 0.15) is 30.8 Å². The smallest absolute Gasteiger partial charge is 0.326 e. The monoisotopic (exact) mass is 286 g/mol. The third-order valence-electron chi connectivity index (χ3n) is 3.60. The summed E-state index contributed by atoms with van der Waals surface area (Å²) in [7, 11) is 0. The van der Waals surface area contributed by atoms with Crippen LogP contribution < -0.4 is 5.32 Å². The number of fused-ring (bicyclic) bond motifs is 1. The Morgan fingerprint density at radius 2 is 1.95 bits per heavy atom. The summed E-state index contributed by atoms with van der Waals surface area (Å²) in [5.74, 6) is -1.64. The first-order valence-electron chi connectivity index (χ1n) is 6.92. The maximum absolute atomic E-state index is 12.2. The molecule has 0 radical (unpaired) electrons. The second kappa shape index (κ2) is 6.35. The Balaban J connectivity index is 2.23. The number of amides is 1. The minimum atomic E-state index is -1.03. The number of aromatic nitrogens is 1. The number of pyridine rings is 1. The molecule has 21 heavy (non-hydrogen) atoms. The molecular formula is C16H18N2O3. The Morgan fingerprint density at radius 1 is 1.24 bits per heavy atom. The van der Waals surface area contributed by atoms with Crippen LogP contribution in [0.2, 0.25) is 0 Å². The molecule has 2 rings (SSSR count). The van der Waals surface area contributed by atoms with E-state index in [4.69, 9.17) is 0 Å². The van der Waals surface area contributed by atoms with E-state index in [2.05, 4.69) is 10.3 Å². The minimum absolute atomic E-state index is 0.146. The van der Waals surface area contributed by atoms with Gasteiger partial charge in [-0.15, -0.1) is 0 Å². The van der Waals surface area contributed by atoms with Crippen LogP contribution in [0, 0.1) is 5.92 Å². The molecule has 1 amide bonds. The summed E-state index contributed by atoms with van der Waals surface area (Å²) in [5.41, 5.74) is 0.934. The third-order valence-corrected chi connectivity index (χ3v) is 3.60. The van der Waals surface area contributed by atoms with Crippen LogP contribution in [-0.2, 0) is 4.79 Å². The van der Waals surface area contributed by atoms with Gasteiger partial charge in [0.15, 0.2) is 0 Å². The third kappa shape index (κ3) is 3.37. The predicted octanol–water partition coefficient (Wildman–Crippen LogP) is 2.46. The Kier molecular flexibility index (Phi) is 4.52. The second-order valence-corrected chi connectivity index (χ2v) is 5.06. The Bertz CT molecular complexity index is 669. The van der Waals surface area contributed by atoms with Crippen LogP contribution in [0.15, 0.2) is 36.4 Å². The van der Waals surface area contributed by atoms with E-state index in [1.165, 1.54) is 0 Å². The Hall–Kier alpha value is -2.43. The van der Waals surface area contributed by atoms with Gasteiger partial charge in [-0.05, 0) is 18.1 Å². The van der Waals surface area contributed by atoms with E-state index >= 15 is 0 Å². The van der Waals surface area contributed by atoms with Crippen molar-refractivity contribution in [2.75, 3.05) is 0 Å². The van der Waals surface area contributed by atoms with Gasteiger partial charge in [0.2, 0.25) is 0 Å². The summed E-state index contributed by atoms with van der Waals surface area (Å²) < 4.78 is 0. The molecule has 2 atom stereocenters. The Labute approximate surface area is 123 Å². The average Bonchev–Trinajstić information content (AvgIpc) is 2.50. The highest BCUT2D eigenvalue weighted by molar-refractivity contribution is 5.97. The topological polar surface area (TPSA) is 79.3 Å². The van der Waals surface area contributed by atoms with Crippen LogP contribution in [0.25, 0.3) is 10.9 Å². The SMILES string of the molecule is CC[C@H](C)[C@H](NC(=O)c1ccc2ccccc2n1)C(=O)O. The number of nitrogens with zero attached hydrogens (tertiary/aromatic N) is 1. The number of carboxylic acids is 1. The molecule has 0 saturated carbocycles. The zero-order chi connectivity index (χ0) is 15.4. The highest BCUT2D eigenvalue weighted by Gasteiger charge is 2.26. The zero-order valence-corrected chi connectivity index (χ0v) is 12.0. The highest BCUT2D eigenvalue weighted by atomic mass is 16.4. The number of benzene rings is 1. The number of nitrogens with one attached hydrogen (secondary N) is 1. The molecule has 5 nitrogen and oxygen atoms in total.